The Labute approximate surface area is 139 Å². The molecule has 0 aliphatic rings. The normalized spacial score (nSPS) is 10.7. The molecular formula is C20H15N3O. The zero-order valence-electron chi connectivity index (χ0n) is 12.9. The molecule has 3 aromatic carbocycles. The molecule has 0 radical (unpaired) electrons. The van der Waals surface area contributed by atoms with Gasteiger partial charge in [-0.2, -0.15) is 0 Å². The first-order chi connectivity index (χ1) is 11.8. The smallest absolute Gasteiger partial charge is 0.256 e. The minimum Gasteiger partial charge on any atom is -0.305 e. The lowest BCUT2D eigenvalue weighted by Gasteiger charge is -2.03. The lowest BCUT2D eigenvalue weighted by atomic mass is 10.2. The molecule has 0 fully saturated rings. The molecule has 1 N–H and O–H groups in total. The van der Waals surface area contributed by atoms with Crippen molar-refractivity contribution in [3.63, 3.8) is 0 Å². The number of nitrogens with one attached hydrogen (secondary N) is 1. The molecule has 24 heavy (non-hydrogen) atoms. The number of benzene rings is 3. The van der Waals surface area contributed by atoms with Gasteiger partial charge in [0.2, 0.25) is 0 Å². The average Bonchev–Trinajstić information content (AvgIpc) is 3.02. The van der Waals surface area contributed by atoms with E-state index in [9.17, 15) is 4.79 Å². The summed E-state index contributed by atoms with van der Waals surface area (Å²) in [6, 6.07) is 26.9. The molecule has 4 rings (SSSR count). The van der Waals surface area contributed by atoms with E-state index in [0.717, 1.165) is 16.6 Å². The van der Waals surface area contributed by atoms with Crippen molar-refractivity contribution in [1.29, 1.82) is 0 Å². The maximum atomic E-state index is 12.4. The fourth-order valence-corrected chi connectivity index (χ4v) is 2.69. The van der Waals surface area contributed by atoms with E-state index >= 15 is 0 Å². The number of rotatable bonds is 3. The van der Waals surface area contributed by atoms with Crippen LogP contribution in [-0.4, -0.2) is 15.7 Å². The summed E-state index contributed by atoms with van der Waals surface area (Å²) >= 11 is 0. The zero-order chi connectivity index (χ0) is 16.4. The largest absolute Gasteiger partial charge is 0.305 e. The highest BCUT2D eigenvalue weighted by molar-refractivity contribution is 6.08. The van der Waals surface area contributed by atoms with Gasteiger partial charge < -0.3 is 5.32 Å². The van der Waals surface area contributed by atoms with Crippen molar-refractivity contribution in [2.75, 3.05) is 5.32 Å². The topological polar surface area (TPSA) is 46.9 Å². The van der Waals surface area contributed by atoms with Crippen LogP contribution in [0, 0.1) is 0 Å². The molecule has 1 heterocycles. The molecule has 116 valence electrons. The van der Waals surface area contributed by atoms with E-state index < -0.39 is 0 Å². The number of amides is 1. The average molecular weight is 313 g/mol. The summed E-state index contributed by atoms with van der Waals surface area (Å²) in [7, 11) is 0. The summed E-state index contributed by atoms with van der Waals surface area (Å²) in [5, 5.41) is 8.44. The van der Waals surface area contributed by atoms with Gasteiger partial charge in [0.15, 0.2) is 5.82 Å². The molecule has 1 amide bonds. The van der Waals surface area contributed by atoms with Gasteiger partial charge in [-0.15, -0.1) is 5.10 Å². The van der Waals surface area contributed by atoms with E-state index in [1.807, 2.05) is 77.5 Å². The molecule has 4 aromatic rings. The SMILES string of the molecule is O=C(Nc1nn(-c2ccccc2)c2ccccc12)c1ccccc1. The third-order valence-corrected chi connectivity index (χ3v) is 3.86. The van der Waals surface area contributed by atoms with Gasteiger partial charge >= 0.3 is 0 Å². The van der Waals surface area contributed by atoms with E-state index in [1.165, 1.54) is 0 Å². The highest BCUT2D eigenvalue weighted by Gasteiger charge is 2.14. The third-order valence-electron chi connectivity index (χ3n) is 3.86. The molecule has 1 aromatic heterocycles. The summed E-state index contributed by atoms with van der Waals surface area (Å²) in [6.45, 7) is 0. The Morgan fingerprint density at radius 2 is 1.42 bits per heavy atom. The van der Waals surface area contributed by atoms with E-state index in [2.05, 4.69) is 10.4 Å². The van der Waals surface area contributed by atoms with Crippen molar-refractivity contribution in [3.05, 3.63) is 90.5 Å². The van der Waals surface area contributed by atoms with Gasteiger partial charge in [0.1, 0.15) is 0 Å². The van der Waals surface area contributed by atoms with Crippen LogP contribution in [0.2, 0.25) is 0 Å². The van der Waals surface area contributed by atoms with Crippen LogP contribution in [0.15, 0.2) is 84.9 Å². The molecule has 0 saturated carbocycles. The number of carbonyl (C=O) groups is 1. The van der Waals surface area contributed by atoms with E-state index in [4.69, 9.17) is 0 Å². The van der Waals surface area contributed by atoms with Gasteiger partial charge in [-0.3, -0.25) is 4.79 Å². The second-order valence-corrected chi connectivity index (χ2v) is 5.43. The van der Waals surface area contributed by atoms with Gasteiger partial charge in [0.25, 0.3) is 5.91 Å². The Morgan fingerprint density at radius 3 is 2.17 bits per heavy atom. The number of fused-ring (bicyclic) bond motifs is 1. The number of para-hydroxylation sites is 2. The Bertz CT molecular complexity index is 991. The number of aromatic nitrogens is 2. The molecule has 0 bridgehead atoms. The van der Waals surface area contributed by atoms with Crippen LogP contribution in [-0.2, 0) is 0 Å². The van der Waals surface area contributed by atoms with Crippen LogP contribution in [0.1, 0.15) is 10.4 Å². The summed E-state index contributed by atoms with van der Waals surface area (Å²) in [6.07, 6.45) is 0. The second kappa shape index (κ2) is 6.01. The van der Waals surface area contributed by atoms with Crippen LogP contribution < -0.4 is 5.32 Å². The number of anilines is 1. The number of hydrogen-bond acceptors (Lipinski definition) is 2. The molecule has 4 heteroatoms. The molecule has 0 saturated heterocycles. The van der Waals surface area contributed by atoms with E-state index in [1.54, 1.807) is 12.1 Å². The van der Waals surface area contributed by atoms with Gasteiger partial charge in [0, 0.05) is 10.9 Å². The Hall–Kier alpha value is -3.40. The van der Waals surface area contributed by atoms with Crippen LogP contribution in [0.4, 0.5) is 5.82 Å². The number of hydrogen-bond donors (Lipinski definition) is 1. The van der Waals surface area contributed by atoms with Gasteiger partial charge in [-0.25, -0.2) is 4.68 Å². The van der Waals surface area contributed by atoms with Crippen LogP contribution >= 0.6 is 0 Å². The monoisotopic (exact) mass is 313 g/mol. The molecule has 0 aliphatic heterocycles. The van der Waals surface area contributed by atoms with E-state index in [0.29, 0.717) is 11.4 Å². The second-order valence-electron chi connectivity index (χ2n) is 5.43. The molecule has 0 spiro atoms. The van der Waals surface area contributed by atoms with E-state index in [-0.39, 0.29) is 5.91 Å². The standard InChI is InChI=1S/C20H15N3O/c24-20(15-9-3-1-4-10-15)21-19-17-13-7-8-14-18(17)23(22-19)16-11-5-2-6-12-16/h1-14H,(H,21,22,24). The van der Waals surface area contributed by atoms with Crippen molar-refractivity contribution in [1.82, 2.24) is 9.78 Å². The first-order valence-corrected chi connectivity index (χ1v) is 7.72. The minimum atomic E-state index is -0.168. The number of nitrogens with zero attached hydrogens (tertiary/aromatic N) is 2. The van der Waals surface area contributed by atoms with Crippen molar-refractivity contribution in [2.45, 2.75) is 0 Å². The summed E-state index contributed by atoms with van der Waals surface area (Å²) in [5.74, 6) is 0.391. The van der Waals surface area contributed by atoms with Gasteiger partial charge in [0.05, 0.1) is 11.2 Å². The third kappa shape index (κ3) is 2.54. The predicted molar refractivity (Wildman–Crippen MR) is 95.5 cm³/mol. The Kier molecular flexibility index (Phi) is 3.56. The maximum Gasteiger partial charge on any atom is 0.256 e. The maximum absolute atomic E-state index is 12.4. The fourth-order valence-electron chi connectivity index (χ4n) is 2.69. The lowest BCUT2D eigenvalue weighted by molar-refractivity contribution is 0.102. The van der Waals surface area contributed by atoms with Gasteiger partial charge in [-0.1, -0.05) is 48.5 Å². The van der Waals surface area contributed by atoms with Crippen LogP contribution in [0.3, 0.4) is 0 Å². The first-order valence-electron chi connectivity index (χ1n) is 7.72. The minimum absolute atomic E-state index is 0.168. The molecule has 0 aliphatic carbocycles. The summed E-state index contributed by atoms with van der Waals surface area (Å²) < 4.78 is 1.84. The Morgan fingerprint density at radius 1 is 0.792 bits per heavy atom. The molecular weight excluding hydrogens is 298 g/mol. The number of carbonyl (C=O) groups excluding carboxylic acids is 1. The van der Waals surface area contributed by atoms with Crippen LogP contribution in [0.25, 0.3) is 16.6 Å². The highest BCUT2D eigenvalue weighted by Crippen LogP contribution is 2.25. The van der Waals surface area contributed by atoms with Crippen molar-refractivity contribution >= 4 is 22.6 Å². The molecule has 4 nitrogen and oxygen atoms in total. The quantitative estimate of drug-likeness (QED) is 0.614. The van der Waals surface area contributed by atoms with Crippen molar-refractivity contribution in [2.24, 2.45) is 0 Å². The van der Waals surface area contributed by atoms with Gasteiger partial charge in [-0.05, 0) is 36.4 Å². The van der Waals surface area contributed by atoms with Crippen molar-refractivity contribution in [3.8, 4) is 5.69 Å². The predicted octanol–water partition coefficient (Wildman–Crippen LogP) is 4.28. The molecule has 0 atom stereocenters. The zero-order valence-corrected chi connectivity index (χ0v) is 12.9. The molecule has 0 unspecified atom stereocenters. The van der Waals surface area contributed by atoms with Crippen LogP contribution in [0.5, 0.6) is 0 Å². The first kappa shape index (κ1) is 14.2. The fraction of sp³-hybridized carbons (Fsp3) is 0. The lowest BCUT2D eigenvalue weighted by Crippen LogP contribution is -2.12. The van der Waals surface area contributed by atoms with Crippen molar-refractivity contribution < 1.29 is 4.79 Å². The highest BCUT2D eigenvalue weighted by atomic mass is 16.1. The Balaban J connectivity index is 1.78. The summed E-state index contributed by atoms with van der Waals surface area (Å²) in [4.78, 5) is 12.4. The summed E-state index contributed by atoms with van der Waals surface area (Å²) in [5.41, 5.74) is 2.51.